The molecule has 0 spiro atoms. The van der Waals surface area contributed by atoms with E-state index >= 15 is 0 Å². The van der Waals surface area contributed by atoms with Crippen molar-refractivity contribution in [2.45, 2.75) is 46.5 Å². The molecule has 2 heterocycles. The lowest BCUT2D eigenvalue weighted by molar-refractivity contribution is 0.649. The lowest BCUT2D eigenvalue weighted by Gasteiger charge is -2.27. The second-order valence-electron chi connectivity index (χ2n) is 11.2. The number of hydrogen-bond donors (Lipinski definition) is 0. The highest BCUT2D eigenvalue weighted by molar-refractivity contribution is 7.03. The van der Waals surface area contributed by atoms with E-state index in [9.17, 15) is 0 Å². The van der Waals surface area contributed by atoms with Gasteiger partial charge in [-0.3, -0.25) is 4.98 Å². The fourth-order valence-electron chi connectivity index (χ4n) is 5.72. The van der Waals surface area contributed by atoms with Gasteiger partial charge in [-0.25, -0.2) is 0 Å². The molecule has 0 bridgehead atoms. The Morgan fingerprint density at radius 1 is 0.794 bits per heavy atom. The Morgan fingerprint density at radius 2 is 1.47 bits per heavy atom. The molecule has 0 aliphatic carbocycles. The molecule has 0 amide bonds. The highest BCUT2D eigenvalue weighted by Crippen LogP contribution is 2.31. The molecule has 0 fully saturated rings. The van der Waals surface area contributed by atoms with Gasteiger partial charge in [0.15, 0.2) is 0 Å². The molecule has 1 aromatic heterocycles. The molecule has 0 saturated carbocycles. The number of pyridine rings is 1. The van der Waals surface area contributed by atoms with E-state index in [1.54, 1.807) is 10.4 Å². The van der Waals surface area contributed by atoms with Gasteiger partial charge in [0, 0.05) is 11.8 Å². The van der Waals surface area contributed by atoms with Crippen molar-refractivity contribution in [2.24, 2.45) is 5.92 Å². The molecule has 3 heteroatoms. The summed E-state index contributed by atoms with van der Waals surface area (Å²) in [5, 5.41) is 6.04. The first-order chi connectivity index (χ1) is 16.2. The Labute approximate surface area is 206 Å². The molecule has 172 valence electrons. The molecule has 0 radical (unpaired) electrons. The lowest BCUT2D eigenvalue weighted by atomic mass is 9.99. The zero-order valence-electron chi connectivity index (χ0n) is 21.3. The van der Waals surface area contributed by atoms with Gasteiger partial charge in [0.05, 0.1) is 5.69 Å². The van der Waals surface area contributed by atoms with E-state index in [-0.39, 0.29) is 0 Å². The first-order valence-electron chi connectivity index (χ1n) is 12.5. The van der Waals surface area contributed by atoms with Crippen LogP contribution in [0.15, 0.2) is 85.1 Å². The van der Waals surface area contributed by atoms with Gasteiger partial charge in [-0.1, -0.05) is 112 Å². The van der Waals surface area contributed by atoms with E-state index in [1.165, 1.54) is 32.6 Å². The summed E-state index contributed by atoms with van der Waals surface area (Å²) in [5.41, 5.74) is 6.64. The van der Waals surface area contributed by atoms with E-state index in [0.29, 0.717) is 5.92 Å². The van der Waals surface area contributed by atoms with Gasteiger partial charge in [0.2, 0.25) is 0 Å². The zero-order chi connectivity index (χ0) is 24.1. The van der Waals surface area contributed by atoms with Crippen LogP contribution in [0.5, 0.6) is 0 Å². The van der Waals surface area contributed by atoms with Crippen molar-refractivity contribution in [1.29, 1.82) is 0 Å². The van der Waals surface area contributed by atoms with Crippen molar-refractivity contribution < 1.29 is 0 Å². The SMILES string of the molecule is CC(C)Cc1cc(-c2ccc3c(c2)-c2ccccc2[Si]3(C)C)ncc1[Si](C)(C)c1ccccc1. The summed E-state index contributed by atoms with van der Waals surface area (Å²) in [7, 11) is -3.46. The third kappa shape index (κ3) is 3.81. The minimum Gasteiger partial charge on any atom is -0.256 e. The van der Waals surface area contributed by atoms with Crippen LogP contribution in [0.4, 0.5) is 0 Å². The number of benzene rings is 3. The topological polar surface area (TPSA) is 12.9 Å². The molecule has 1 aliphatic rings. The number of aromatic nitrogens is 1. The molecule has 4 aromatic rings. The van der Waals surface area contributed by atoms with Crippen molar-refractivity contribution >= 4 is 36.9 Å². The minimum absolute atomic E-state index is 0.605. The fourth-order valence-corrected chi connectivity index (χ4v) is 11.5. The quantitative estimate of drug-likeness (QED) is 0.342. The maximum Gasteiger partial charge on any atom is 0.114 e. The molecule has 5 rings (SSSR count). The van der Waals surface area contributed by atoms with E-state index in [4.69, 9.17) is 4.98 Å². The summed E-state index contributed by atoms with van der Waals surface area (Å²) in [4.78, 5) is 5.07. The summed E-state index contributed by atoms with van der Waals surface area (Å²) in [6.45, 7) is 14.5. The Bertz CT molecular complexity index is 1350. The first-order valence-corrected chi connectivity index (χ1v) is 18.5. The third-order valence-corrected chi connectivity index (χ3v) is 14.8. The van der Waals surface area contributed by atoms with Gasteiger partial charge in [-0.05, 0) is 56.7 Å². The maximum atomic E-state index is 5.07. The Morgan fingerprint density at radius 3 is 2.21 bits per heavy atom. The fraction of sp³-hybridized carbons (Fsp3) is 0.258. The highest BCUT2D eigenvalue weighted by atomic mass is 28.3. The van der Waals surface area contributed by atoms with E-state index < -0.39 is 16.1 Å². The van der Waals surface area contributed by atoms with Crippen LogP contribution >= 0.6 is 0 Å². The molecular formula is C31H35NSi2. The summed E-state index contributed by atoms with van der Waals surface area (Å²) in [5.74, 6) is 0.605. The molecule has 1 nitrogen and oxygen atoms in total. The molecule has 0 atom stereocenters. The van der Waals surface area contributed by atoms with Crippen LogP contribution in [0.25, 0.3) is 22.4 Å². The minimum atomic E-state index is -1.83. The van der Waals surface area contributed by atoms with Gasteiger partial charge in [-0.15, -0.1) is 0 Å². The molecule has 0 saturated heterocycles. The predicted molar refractivity (Wildman–Crippen MR) is 154 cm³/mol. The standard InChI is InChI=1S/C31H35NSi2/c1-22(2)18-24-20-28(32-21-31(24)33(3,4)25-12-8-7-9-13-25)23-16-17-30-27(19-23)26-14-10-11-15-29(26)34(30,5)6/h7-17,19-22H,18H2,1-6H3. The Balaban J connectivity index is 1.62. The highest BCUT2D eigenvalue weighted by Gasteiger charge is 2.37. The predicted octanol–water partition coefficient (Wildman–Crippen LogP) is 5.57. The third-order valence-electron chi connectivity index (χ3n) is 7.67. The average molecular weight is 478 g/mol. The summed E-state index contributed by atoms with van der Waals surface area (Å²) in [6.07, 6.45) is 3.29. The van der Waals surface area contributed by atoms with Crippen LogP contribution < -0.4 is 20.7 Å². The molecule has 1 aliphatic heterocycles. The molecule has 0 N–H and O–H groups in total. The van der Waals surface area contributed by atoms with Crippen LogP contribution in [-0.2, 0) is 6.42 Å². The van der Waals surface area contributed by atoms with E-state index in [2.05, 4.69) is 125 Å². The van der Waals surface area contributed by atoms with Crippen molar-refractivity contribution in [1.82, 2.24) is 4.98 Å². The monoisotopic (exact) mass is 477 g/mol. The summed E-state index contributed by atoms with van der Waals surface area (Å²) >= 11 is 0. The average Bonchev–Trinajstić information content (AvgIpc) is 3.06. The largest absolute Gasteiger partial charge is 0.256 e. The Hall–Kier alpha value is -2.76. The van der Waals surface area contributed by atoms with Crippen LogP contribution in [0.1, 0.15) is 19.4 Å². The van der Waals surface area contributed by atoms with Crippen LogP contribution in [0, 0.1) is 5.92 Å². The molecular weight excluding hydrogens is 443 g/mol. The maximum absolute atomic E-state index is 5.07. The summed E-state index contributed by atoms with van der Waals surface area (Å²) in [6, 6.07) is 29.5. The first kappa shape index (κ1) is 23.0. The molecule has 3 aromatic carbocycles. The number of fused-ring (bicyclic) bond motifs is 3. The smallest absolute Gasteiger partial charge is 0.114 e. The van der Waals surface area contributed by atoms with Crippen molar-refractivity contribution in [3.8, 4) is 22.4 Å². The van der Waals surface area contributed by atoms with Crippen molar-refractivity contribution in [2.75, 3.05) is 0 Å². The van der Waals surface area contributed by atoms with E-state index in [1.807, 2.05) is 0 Å². The second-order valence-corrected chi connectivity index (χ2v) is 19.9. The summed E-state index contributed by atoms with van der Waals surface area (Å²) < 4.78 is 0. The second kappa shape index (κ2) is 8.47. The van der Waals surface area contributed by atoms with Crippen molar-refractivity contribution in [3.63, 3.8) is 0 Å². The number of hydrogen-bond acceptors (Lipinski definition) is 1. The molecule has 0 unspecified atom stereocenters. The van der Waals surface area contributed by atoms with Gasteiger partial charge < -0.3 is 0 Å². The van der Waals surface area contributed by atoms with Gasteiger partial charge >= 0.3 is 0 Å². The van der Waals surface area contributed by atoms with Gasteiger partial charge in [0.25, 0.3) is 0 Å². The Kier molecular flexibility index (Phi) is 5.73. The normalized spacial score (nSPS) is 14.2. The van der Waals surface area contributed by atoms with Crippen LogP contribution in [0.2, 0.25) is 26.2 Å². The number of rotatable bonds is 5. The van der Waals surface area contributed by atoms with E-state index in [0.717, 1.165) is 12.1 Å². The van der Waals surface area contributed by atoms with Crippen molar-refractivity contribution in [3.05, 3.63) is 90.6 Å². The number of nitrogens with zero attached hydrogens (tertiary/aromatic N) is 1. The lowest BCUT2D eigenvalue weighted by Crippen LogP contribution is -2.54. The zero-order valence-corrected chi connectivity index (χ0v) is 23.3. The molecule has 34 heavy (non-hydrogen) atoms. The van der Waals surface area contributed by atoms with Crippen LogP contribution in [-0.4, -0.2) is 21.1 Å². The van der Waals surface area contributed by atoms with Crippen LogP contribution in [0.3, 0.4) is 0 Å². The van der Waals surface area contributed by atoms with Gasteiger partial charge in [-0.2, -0.15) is 0 Å². The van der Waals surface area contributed by atoms with Gasteiger partial charge in [0.1, 0.15) is 16.1 Å².